The summed E-state index contributed by atoms with van der Waals surface area (Å²) >= 11 is 0. The van der Waals surface area contributed by atoms with Gasteiger partial charge >= 0.3 is 0 Å². The van der Waals surface area contributed by atoms with Crippen LogP contribution >= 0.6 is 0 Å². The van der Waals surface area contributed by atoms with Gasteiger partial charge in [0.05, 0.1) is 0 Å². The van der Waals surface area contributed by atoms with Gasteiger partial charge < -0.3 is 5.32 Å². The van der Waals surface area contributed by atoms with Crippen molar-refractivity contribution in [2.75, 3.05) is 6.54 Å². The predicted octanol–water partition coefficient (Wildman–Crippen LogP) is 4.29. The Hall–Kier alpha value is -1.41. The number of hydrogen-bond acceptors (Lipinski definition) is 2. The molecule has 2 nitrogen and oxygen atoms in total. The van der Waals surface area contributed by atoms with Crippen molar-refractivity contribution >= 4 is 10.8 Å². The van der Waals surface area contributed by atoms with E-state index in [4.69, 9.17) is 0 Å². The number of hydrogen-bond donors (Lipinski definition) is 1. The predicted molar refractivity (Wildman–Crippen MR) is 87.1 cm³/mol. The van der Waals surface area contributed by atoms with E-state index in [1.807, 2.05) is 12.4 Å². The van der Waals surface area contributed by atoms with Crippen molar-refractivity contribution in [3.8, 4) is 0 Å². The van der Waals surface area contributed by atoms with Crippen LogP contribution in [0, 0.1) is 0 Å². The summed E-state index contributed by atoms with van der Waals surface area (Å²) in [7, 11) is 0. The molecule has 0 atom stereocenters. The van der Waals surface area contributed by atoms with Gasteiger partial charge in [0.2, 0.25) is 0 Å². The van der Waals surface area contributed by atoms with E-state index in [9.17, 15) is 0 Å². The molecule has 1 N–H and O–H groups in total. The summed E-state index contributed by atoms with van der Waals surface area (Å²) in [4.78, 5) is 4.29. The zero-order valence-electron chi connectivity index (χ0n) is 13.3. The normalized spacial score (nSPS) is 12.8. The lowest BCUT2D eigenvalue weighted by Gasteiger charge is -2.29. The number of nitrogens with zero attached hydrogens (tertiary/aromatic N) is 1. The fourth-order valence-corrected chi connectivity index (χ4v) is 2.59. The summed E-state index contributed by atoms with van der Waals surface area (Å²) in [5, 5.41) is 6.13. The van der Waals surface area contributed by atoms with Gasteiger partial charge in [-0.15, -0.1) is 0 Å². The first-order valence-corrected chi connectivity index (χ1v) is 7.38. The second-order valence-electron chi connectivity index (χ2n) is 7.21. The maximum atomic E-state index is 4.29. The van der Waals surface area contributed by atoms with Gasteiger partial charge in [-0.05, 0) is 56.2 Å². The van der Waals surface area contributed by atoms with E-state index in [0.717, 1.165) is 13.0 Å². The second kappa shape index (κ2) is 5.53. The summed E-state index contributed by atoms with van der Waals surface area (Å²) in [6, 6.07) is 8.63. The number of pyridine rings is 1. The Morgan fingerprint density at radius 1 is 1.05 bits per heavy atom. The molecule has 2 rings (SSSR count). The van der Waals surface area contributed by atoms with Gasteiger partial charge in [0.25, 0.3) is 0 Å². The van der Waals surface area contributed by atoms with Gasteiger partial charge in [-0.2, -0.15) is 0 Å². The largest absolute Gasteiger partial charge is 0.312 e. The van der Waals surface area contributed by atoms with Crippen LogP contribution in [0.15, 0.2) is 36.7 Å². The van der Waals surface area contributed by atoms with Crippen LogP contribution in [0.1, 0.15) is 46.6 Å². The van der Waals surface area contributed by atoms with Crippen LogP contribution in [0.25, 0.3) is 10.8 Å². The minimum Gasteiger partial charge on any atom is -0.312 e. The topological polar surface area (TPSA) is 24.9 Å². The monoisotopic (exact) mass is 270 g/mol. The SMILES string of the molecule is CC(C)(C)NCCC(C)(C)c1cccc2ccncc12. The third-order valence-corrected chi connectivity index (χ3v) is 3.82. The molecule has 0 bridgehead atoms. The Morgan fingerprint density at radius 3 is 2.50 bits per heavy atom. The van der Waals surface area contributed by atoms with E-state index in [0.29, 0.717) is 0 Å². The van der Waals surface area contributed by atoms with Crippen LogP contribution in [0.5, 0.6) is 0 Å². The summed E-state index contributed by atoms with van der Waals surface area (Å²) in [5.41, 5.74) is 1.70. The van der Waals surface area contributed by atoms with Gasteiger partial charge in [0.1, 0.15) is 0 Å². The lowest BCUT2D eigenvalue weighted by atomic mass is 9.79. The van der Waals surface area contributed by atoms with E-state index in [1.54, 1.807) is 0 Å². The van der Waals surface area contributed by atoms with Crippen LogP contribution in [0.4, 0.5) is 0 Å². The molecule has 1 aromatic heterocycles. The third-order valence-electron chi connectivity index (χ3n) is 3.82. The number of benzene rings is 1. The average Bonchev–Trinajstić information content (AvgIpc) is 2.36. The molecule has 1 heterocycles. The Balaban J connectivity index is 2.23. The van der Waals surface area contributed by atoms with Crippen molar-refractivity contribution in [1.82, 2.24) is 10.3 Å². The fraction of sp³-hybridized carbons (Fsp3) is 0.500. The number of aromatic nitrogens is 1. The second-order valence-corrected chi connectivity index (χ2v) is 7.21. The van der Waals surface area contributed by atoms with Crippen LogP contribution in [0.3, 0.4) is 0 Å². The number of fused-ring (bicyclic) bond motifs is 1. The first-order valence-electron chi connectivity index (χ1n) is 7.38. The molecule has 0 saturated heterocycles. The minimum atomic E-state index is 0.140. The molecule has 0 radical (unpaired) electrons. The highest BCUT2D eigenvalue weighted by atomic mass is 14.9. The van der Waals surface area contributed by atoms with Crippen molar-refractivity contribution < 1.29 is 0 Å². The van der Waals surface area contributed by atoms with Gasteiger partial charge in [-0.25, -0.2) is 0 Å². The van der Waals surface area contributed by atoms with E-state index in [-0.39, 0.29) is 11.0 Å². The summed E-state index contributed by atoms with van der Waals surface area (Å²) in [5.74, 6) is 0. The molecule has 0 saturated carbocycles. The van der Waals surface area contributed by atoms with E-state index >= 15 is 0 Å². The lowest BCUT2D eigenvalue weighted by molar-refractivity contribution is 0.380. The third kappa shape index (κ3) is 3.57. The molecule has 0 fully saturated rings. The first-order chi connectivity index (χ1) is 9.30. The highest BCUT2D eigenvalue weighted by Gasteiger charge is 2.23. The van der Waals surface area contributed by atoms with Crippen LogP contribution in [0.2, 0.25) is 0 Å². The lowest BCUT2D eigenvalue weighted by Crippen LogP contribution is -2.38. The molecule has 0 aliphatic carbocycles. The fourth-order valence-electron chi connectivity index (χ4n) is 2.59. The van der Waals surface area contributed by atoms with Gasteiger partial charge in [-0.3, -0.25) is 4.98 Å². The Morgan fingerprint density at radius 2 is 1.80 bits per heavy atom. The number of nitrogens with one attached hydrogen (secondary N) is 1. The first kappa shape index (κ1) is 15.0. The summed E-state index contributed by atoms with van der Waals surface area (Å²) < 4.78 is 0. The molecule has 20 heavy (non-hydrogen) atoms. The highest BCUT2D eigenvalue weighted by molar-refractivity contribution is 5.85. The molecule has 0 aliphatic rings. The summed E-state index contributed by atoms with van der Waals surface area (Å²) in [6.45, 7) is 12.3. The van der Waals surface area contributed by atoms with Crippen LogP contribution in [-0.2, 0) is 5.41 Å². The Bertz CT molecular complexity index is 574. The molecule has 108 valence electrons. The maximum Gasteiger partial charge on any atom is 0.0349 e. The molecular formula is C18H26N2. The summed E-state index contributed by atoms with van der Waals surface area (Å²) in [6.07, 6.45) is 4.96. The van der Waals surface area contributed by atoms with Gasteiger partial charge in [-0.1, -0.05) is 32.0 Å². The van der Waals surface area contributed by atoms with E-state index in [2.05, 4.69) is 69.2 Å². The molecule has 2 aromatic rings. The van der Waals surface area contributed by atoms with Crippen molar-refractivity contribution in [3.63, 3.8) is 0 Å². The minimum absolute atomic E-state index is 0.140. The molecule has 0 spiro atoms. The molecule has 0 amide bonds. The molecule has 1 aromatic carbocycles. The smallest absolute Gasteiger partial charge is 0.0349 e. The van der Waals surface area contributed by atoms with Crippen molar-refractivity contribution in [2.24, 2.45) is 0 Å². The zero-order valence-corrected chi connectivity index (χ0v) is 13.3. The van der Waals surface area contributed by atoms with Crippen molar-refractivity contribution in [2.45, 2.75) is 52.0 Å². The van der Waals surface area contributed by atoms with Crippen molar-refractivity contribution in [1.29, 1.82) is 0 Å². The molecule has 0 unspecified atom stereocenters. The van der Waals surface area contributed by atoms with Gasteiger partial charge in [0.15, 0.2) is 0 Å². The maximum absolute atomic E-state index is 4.29. The van der Waals surface area contributed by atoms with Gasteiger partial charge in [0, 0.05) is 23.3 Å². The standard InChI is InChI=1S/C18H26N2/c1-17(2,3)20-12-10-18(4,5)16-8-6-7-14-9-11-19-13-15(14)16/h6-9,11,13,20H,10,12H2,1-5H3. The molecule has 2 heteroatoms. The Kier molecular flexibility index (Phi) is 4.14. The number of rotatable bonds is 4. The van der Waals surface area contributed by atoms with Crippen LogP contribution < -0.4 is 5.32 Å². The van der Waals surface area contributed by atoms with E-state index < -0.39 is 0 Å². The van der Waals surface area contributed by atoms with Crippen LogP contribution in [-0.4, -0.2) is 17.1 Å². The van der Waals surface area contributed by atoms with Crippen molar-refractivity contribution in [3.05, 3.63) is 42.2 Å². The molecular weight excluding hydrogens is 244 g/mol. The average molecular weight is 270 g/mol. The molecule has 0 aliphatic heterocycles. The highest BCUT2D eigenvalue weighted by Crippen LogP contribution is 2.32. The Labute approximate surface area is 122 Å². The van der Waals surface area contributed by atoms with E-state index in [1.165, 1.54) is 16.3 Å². The quantitative estimate of drug-likeness (QED) is 0.896. The zero-order chi connectivity index (χ0) is 14.8.